The fraction of sp³-hybridized carbons (Fsp3) is 0.111. The number of rotatable bonds is 1. The number of hydrogen-bond donors (Lipinski definition) is 1. The molecule has 0 saturated carbocycles. The van der Waals surface area contributed by atoms with Gasteiger partial charge in [-0.2, -0.15) is 0 Å². The van der Waals surface area contributed by atoms with E-state index in [2.05, 4.69) is 5.16 Å². The lowest BCUT2D eigenvalue weighted by Crippen LogP contribution is -1.96. The van der Waals surface area contributed by atoms with Gasteiger partial charge in [0, 0.05) is 11.1 Å². The van der Waals surface area contributed by atoms with E-state index in [0.717, 1.165) is 5.56 Å². The predicted octanol–water partition coefficient (Wildman–Crippen LogP) is 1.73. The van der Waals surface area contributed by atoms with Crippen LogP contribution in [0, 0.1) is 0 Å². The topological polar surface area (TPSA) is 58.9 Å². The number of halogens is 1. The highest BCUT2D eigenvalue weighted by Gasteiger charge is 2.21. The molecule has 72 valence electrons. The summed E-state index contributed by atoms with van der Waals surface area (Å²) < 4.78 is 4.81. The molecule has 0 bridgehead atoms. The number of ether oxygens (including phenoxy) is 1. The van der Waals surface area contributed by atoms with E-state index in [-0.39, 0.29) is 17.7 Å². The Morgan fingerprint density at radius 1 is 1.57 bits per heavy atom. The number of cyclic esters (lactones) is 1. The molecule has 1 aromatic rings. The molecule has 0 unspecified atom stereocenters. The van der Waals surface area contributed by atoms with E-state index in [1.807, 2.05) is 0 Å². The lowest BCUT2D eigenvalue weighted by Gasteiger charge is -1.98. The molecule has 14 heavy (non-hydrogen) atoms. The maximum Gasteiger partial charge on any atom is 0.338 e. The highest BCUT2D eigenvalue weighted by atomic mass is 35.5. The Hall–Kier alpha value is -1.55. The van der Waals surface area contributed by atoms with Crippen molar-refractivity contribution < 1.29 is 14.7 Å². The van der Waals surface area contributed by atoms with E-state index in [1.165, 1.54) is 0 Å². The van der Waals surface area contributed by atoms with E-state index in [4.69, 9.17) is 21.5 Å². The Kier molecular flexibility index (Phi) is 2.13. The van der Waals surface area contributed by atoms with Crippen molar-refractivity contribution in [2.45, 2.75) is 6.61 Å². The van der Waals surface area contributed by atoms with Crippen LogP contribution in [-0.4, -0.2) is 16.3 Å². The first-order valence-electron chi connectivity index (χ1n) is 3.90. The second kappa shape index (κ2) is 3.31. The van der Waals surface area contributed by atoms with E-state index in [0.29, 0.717) is 11.1 Å². The van der Waals surface area contributed by atoms with Crippen molar-refractivity contribution in [2.75, 3.05) is 0 Å². The van der Waals surface area contributed by atoms with Crippen LogP contribution in [0.25, 0.3) is 0 Å². The minimum atomic E-state index is -0.330. The maximum atomic E-state index is 11.1. The number of benzene rings is 1. The summed E-state index contributed by atoms with van der Waals surface area (Å²) >= 11 is 5.60. The molecule has 0 aromatic heterocycles. The van der Waals surface area contributed by atoms with Crippen LogP contribution < -0.4 is 0 Å². The number of fused-ring (bicyclic) bond motifs is 1. The van der Waals surface area contributed by atoms with Gasteiger partial charge >= 0.3 is 5.97 Å². The van der Waals surface area contributed by atoms with Crippen molar-refractivity contribution >= 4 is 22.7 Å². The summed E-state index contributed by atoms with van der Waals surface area (Å²) in [6.45, 7) is 0.248. The van der Waals surface area contributed by atoms with Crippen LogP contribution >= 0.6 is 11.6 Å². The van der Waals surface area contributed by atoms with Gasteiger partial charge in [-0.25, -0.2) is 4.79 Å². The molecule has 1 N–H and O–H groups in total. The van der Waals surface area contributed by atoms with Crippen molar-refractivity contribution in [1.29, 1.82) is 0 Å². The monoisotopic (exact) mass is 211 g/mol. The molecule has 1 heterocycles. The SMILES string of the molecule is O=C1OCc2cc(C(Cl)=NO)ccc21. The molecule has 0 amide bonds. The van der Waals surface area contributed by atoms with Crippen molar-refractivity contribution in [3.63, 3.8) is 0 Å². The Morgan fingerprint density at radius 2 is 2.36 bits per heavy atom. The van der Waals surface area contributed by atoms with Crippen molar-refractivity contribution in [2.24, 2.45) is 5.16 Å². The largest absolute Gasteiger partial charge is 0.457 e. The normalized spacial score (nSPS) is 15.2. The second-order valence-electron chi connectivity index (χ2n) is 2.84. The molecule has 0 aliphatic carbocycles. The van der Waals surface area contributed by atoms with Gasteiger partial charge in [0.05, 0.1) is 5.56 Å². The van der Waals surface area contributed by atoms with Gasteiger partial charge in [-0.15, -0.1) is 0 Å². The Balaban J connectivity index is 2.47. The van der Waals surface area contributed by atoms with Crippen LogP contribution in [-0.2, 0) is 11.3 Å². The van der Waals surface area contributed by atoms with Gasteiger partial charge in [-0.1, -0.05) is 22.8 Å². The summed E-state index contributed by atoms with van der Waals surface area (Å²) in [6, 6.07) is 4.88. The lowest BCUT2D eigenvalue weighted by atomic mass is 10.1. The van der Waals surface area contributed by atoms with Crippen LogP contribution in [0.2, 0.25) is 0 Å². The van der Waals surface area contributed by atoms with E-state index >= 15 is 0 Å². The molecule has 1 aliphatic heterocycles. The van der Waals surface area contributed by atoms with Crippen LogP contribution in [0.5, 0.6) is 0 Å². The summed E-state index contributed by atoms with van der Waals surface area (Å²) in [6.07, 6.45) is 0. The van der Waals surface area contributed by atoms with Gasteiger partial charge in [0.2, 0.25) is 0 Å². The van der Waals surface area contributed by atoms with E-state index < -0.39 is 0 Å². The molecule has 2 rings (SSSR count). The molecule has 0 fully saturated rings. The Morgan fingerprint density at radius 3 is 3.07 bits per heavy atom. The number of oxime groups is 1. The van der Waals surface area contributed by atoms with Crippen molar-refractivity contribution in [3.8, 4) is 0 Å². The third kappa shape index (κ3) is 1.33. The Bertz CT molecular complexity index is 428. The molecular weight excluding hydrogens is 206 g/mol. The molecule has 0 saturated heterocycles. The highest BCUT2D eigenvalue weighted by Crippen LogP contribution is 2.21. The molecule has 5 heteroatoms. The number of esters is 1. The van der Waals surface area contributed by atoms with Crippen molar-refractivity contribution in [1.82, 2.24) is 0 Å². The molecule has 0 spiro atoms. The lowest BCUT2D eigenvalue weighted by molar-refractivity contribution is 0.0535. The average Bonchev–Trinajstić information content (AvgIpc) is 2.59. The smallest absolute Gasteiger partial charge is 0.338 e. The Labute approximate surface area is 84.7 Å². The highest BCUT2D eigenvalue weighted by molar-refractivity contribution is 6.69. The average molecular weight is 212 g/mol. The van der Waals surface area contributed by atoms with Crippen LogP contribution in [0.3, 0.4) is 0 Å². The van der Waals surface area contributed by atoms with Crippen LogP contribution in [0.4, 0.5) is 0 Å². The van der Waals surface area contributed by atoms with E-state index in [1.54, 1.807) is 18.2 Å². The van der Waals surface area contributed by atoms with Crippen molar-refractivity contribution in [3.05, 3.63) is 34.9 Å². The third-order valence-corrected chi connectivity index (χ3v) is 2.30. The van der Waals surface area contributed by atoms with E-state index in [9.17, 15) is 4.79 Å². The third-order valence-electron chi connectivity index (χ3n) is 2.01. The zero-order valence-corrected chi connectivity index (χ0v) is 7.78. The summed E-state index contributed by atoms with van der Waals surface area (Å²) in [5.74, 6) is -0.330. The number of nitrogens with zero attached hydrogens (tertiary/aromatic N) is 1. The number of hydrogen-bond acceptors (Lipinski definition) is 4. The van der Waals surface area contributed by atoms with Gasteiger partial charge < -0.3 is 9.94 Å². The molecule has 1 aliphatic rings. The van der Waals surface area contributed by atoms with Gasteiger partial charge in [0.1, 0.15) is 6.61 Å². The minimum absolute atomic E-state index is 0.00727. The number of carbonyl (C=O) groups is 1. The molecular formula is C9H6ClNO3. The standard InChI is InChI=1S/C9H6ClNO3/c10-8(11-13)5-1-2-7-6(3-5)4-14-9(7)12/h1-3,13H,4H2. The zero-order valence-electron chi connectivity index (χ0n) is 7.03. The molecule has 4 nitrogen and oxygen atoms in total. The summed E-state index contributed by atoms with van der Waals surface area (Å²) in [4.78, 5) is 11.1. The quantitative estimate of drug-likeness (QED) is 0.333. The first kappa shape index (κ1) is 9.02. The number of carbonyl (C=O) groups excluding carboxylic acids is 1. The molecule has 1 aromatic carbocycles. The second-order valence-corrected chi connectivity index (χ2v) is 3.20. The van der Waals surface area contributed by atoms with Gasteiger partial charge in [0.25, 0.3) is 0 Å². The van der Waals surface area contributed by atoms with Crippen LogP contribution in [0.1, 0.15) is 21.5 Å². The maximum absolute atomic E-state index is 11.1. The summed E-state index contributed by atoms with van der Waals surface area (Å²) in [5.41, 5.74) is 1.86. The molecule has 0 atom stereocenters. The first-order chi connectivity index (χ1) is 6.72. The van der Waals surface area contributed by atoms with Crippen LogP contribution in [0.15, 0.2) is 23.4 Å². The fourth-order valence-electron chi connectivity index (χ4n) is 1.32. The van der Waals surface area contributed by atoms with Gasteiger partial charge in [-0.05, 0) is 12.1 Å². The molecule has 0 radical (unpaired) electrons. The first-order valence-corrected chi connectivity index (χ1v) is 4.28. The predicted molar refractivity (Wildman–Crippen MR) is 49.7 cm³/mol. The fourth-order valence-corrected chi connectivity index (χ4v) is 1.44. The summed E-state index contributed by atoms with van der Waals surface area (Å²) in [7, 11) is 0. The minimum Gasteiger partial charge on any atom is -0.457 e. The zero-order chi connectivity index (χ0) is 10.1. The summed E-state index contributed by atoms with van der Waals surface area (Å²) in [5, 5.41) is 11.3. The van der Waals surface area contributed by atoms with Gasteiger partial charge in [0.15, 0.2) is 5.17 Å². The van der Waals surface area contributed by atoms with Gasteiger partial charge in [-0.3, -0.25) is 0 Å².